The predicted octanol–water partition coefficient (Wildman–Crippen LogP) is 1.08. The summed E-state index contributed by atoms with van der Waals surface area (Å²) >= 11 is 0. The predicted molar refractivity (Wildman–Crippen MR) is 51.0 cm³/mol. The molecule has 0 atom stereocenters. The second-order valence-corrected chi connectivity index (χ2v) is 3.66. The molecular formula is C9H12N4. The van der Waals surface area contributed by atoms with Crippen LogP contribution in [-0.4, -0.2) is 14.8 Å². The summed E-state index contributed by atoms with van der Waals surface area (Å²) in [6, 6.07) is 1.92. The lowest BCUT2D eigenvalue weighted by Gasteiger charge is -2.18. The average molecular weight is 176 g/mol. The molecule has 0 aliphatic heterocycles. The van der Waals surface area contributed by atoms with E-state index in [-0.39, 0.29) is 0 Å². The van der Waals surface area contributed by atoms with E-state index in [0.29, 0.717) is 0 Å². The van der Waals surface area contributed by atoms with Gasteiger partial charge in [0.05, 0.1) is 6.20 Å². The Bertz CT molecular complexity index is 391. The summed E-state index contributed by atoms with van der Waals surface area (Å²) in [7, 11) is 0. The van der Waals surface area contributed by atoms with Gasteiger partial charge in [-0.3, -0.25) is 9.67 Å². The van der Waals surface area contributed by atoms with Crippen LogP contribution in [0.1, 0.15) is 13.8 Å². The van der Waals surface area contributed by atoms with Crippen LogP contribution in [-0.2, 0) is 5.66 Å². The zero-order valence-electron chi connectivity index (χ0n) is 7.73. The van der Waals surface area contributed by atoms with Crippen LogP contribution in [0, 0.1) is 0 Å². The van der Waals surface area contributed by atoms with Gasteiger partial charge in [0.15, 0.2) is 0 Å². The van der Waals surface area contributed by atoms with Crippen LogP contribution in [0.15, 0.2) is 24.7 Å². The van der Waals surface area contributed by atoms with Crippen LogP contribution in [0.2, 0.25) is 0 Å². The maximum absolute atomic E-state index is 5.90. The van der Waals surface area contributed by atoms with Gasteiger partial charge in [0.1, 0.15) is 11.2 Å². The monoisotopic (exact) mass is 176 g/mol. The van der Waals surface area contributed by atoms with Crippen molar-refractivity contribution in [2.45, 2.75) is 19.5 Å². The van der Waals surface area contributed by atoms with Crippen LogP contribution in [0.5, 0.6) is 0 Å². The van der Waals surface area contributed by atoms with Gasteiger partial charge in [-0.25, -0.2) is 0 Å². The van der Waals surface area contributed by atoms with Crippen molar-refractivity contribution < 1.29 is 0 Å². The van der Waals surface area contributed by atoms with Crippen molar-refractivity contribution in [2.75, 3.05) is 0 Å². The highest BCUT2D eigenvalue weighted by Crippen LogP contribution is 2.13. The third-order valence-electron chi connectivity index (χ3n) is 1.90. The molecule has 0 aromatic carbocycles. The Balaban J connectivity index is 2.63. The van der Waals surface area contributed by atoms with Gasteiger partial charge in [-0.1, -0.05) is 0 Å². The summed E-state index contributed by atoms with van der Waals surface area (Å²) in [5, 5.41) is 5.38. The normalized spacial score (nSPS) is 12.2. The lowest BCUT2D eigenvalue weighted by molar-refractivity contribution is 0.335. The molecule has 0 saturated heterocycles. The maximum atomic E-state index is 5.90. The number of hydrogen-bond acceptors (Lipinski definition) is 3. The third kappa shape index (κ3) is 1.40. The lowest BCUT2D eigenvalue weighted by Crippen LogP contribution is -2.36. The molecule has 0 aliphatic carbocycles. The van der Waals surface area contributed by atoms with Crippen molar-refractivity contribution in [1.82, 2.24) is 14.8 Å². The van der Waals surface area contributed by atoms with Crippen molar-refractivity contribution >= 4 is 10.9 Å². The molecule has 2 N–H and O–H groups in total. The molecule has 2 aromatic heterocycles. The molecule has 0 aliphatic rings. The number of pyridine rings is 1. The molecule has 2 heterocycles. The summed E-state index contributed by atoms with van der Waals surface area (Å²) < 4.78 is 1.75. The summed E-state index contributed by atoms with van der Waals surface area (Å²) in [6.45, 7) is 3.82. The first kappa shape index (κ1) is 8.19. The maximum Gasteiger partial charge on any atom is 0.111 e. The van der Waals surface area contributed by atoms with Crippen molar-refractivity contribution in [3.05, 3.63) is 24.7 Å². The fourth-order valence-corrected chi connectivity index (χ4v) is 1.16. The van der Waals surface area contributed by atoms with Crippen molar-refractivity contribution in [1.29, 1.82) is 0 Å². The van der Waals surface area contributed by atoms with Crippen LogP contribution in [0.3, 0.4) is 0 Å². The van der Waals surface area contributed by atoms with Gasteiger partial charge in [-0.2, -0.15) is 5.10 Å². The van der Waals surface area contributed by atoms with Crippen LogP contribution < -0.4 is 5.73 Å². The van der Waals surface area contributed by atoms with E-state index in [1.165, 1.54) is 0 Å². The van der Waals surface area contributed by atoms with Crippen LogP contribution in [0.4, 0.5) is 0 Å². The smallest absolute Gasteiger partial charge is 0.111 e. The topological polar surface area (TPSA) is 56.7 Å². The number of hydrogen-bond donors (Lipinski definition) is 1. The molecule has 13 heavy (non-hydrogen) atoms. The zero-order valence-corrected chi connectivity index (χ0v) is 7.73. The highest BCUT2D eigenvalue weighted by Gasteiger charge is 2.14. The van der Waals surface area contributed by atoms with Crippen molar-refractivity contribution in [3.8, 4) is 0 Å². The molecule has 0 bridgehead atoms. The Morgan fingerprint density at radius 2 is 2.23 bits per heavy atom. The first-order valence-corrected chi connectivity index (χ1v) is 4.16. The summed E-state index contributed by atoms with van der Waals surface area (Å²) in [5.41, 5.74) is 6.32. The quantitative estimate of drug-likeness (QED) is 0.707. The van der Waals surface area contributed by atoms with Crippen LogP contribution in [0.25, 0.3) is 10.9 Å². The Morgan fingerprint density at radius 1 is 1.46 bits per heavy atom. The molecule has 2 rings (SSSR count). The molecule has 4 heteroatoms. The fourth-order valence-electron chi connectivity index (χ4n) is 1.16. The Labute approximate surface area is 76.4 Å². The minimum Gasteiger partial charge on any atom is -0.308 e. The molecule has 4 nitrogen and oxygen atoms in total. The van der Waals surface area contributed by atoms with Gasteiger partial charge in [0.2, 0.25) is 0 Å². The van der Waals surface area contributed by atoms with Gasteiger partial charge < -0.3 is 5.73 Å². The van der Waals surface area contributed by atoms with Gasteiger partial charge in [0.25, 0.3) is 0 Å². The van der Waals surface area contributed by atoms with Gasteiger partial charge in [-0.15, -0.1) is 0 Å². The molecule has 0 fully saturated rings. The van der Waals surface area contributed by atoms with E-state index in [1.54, 1.807) is 17.1 Å². The largest absolute Gasteiger partial charge is 0.308 e. The van der Waals surface area contributed by atoms with Gasteiger partial charge in [0, 0.05) is 17.8 Å². The SMILES string of the molecule is CC(C)(N)n1cc2ccncc2n1. The fraction of sp³-hybridized carbons (Fsp3) is 0.333. The van der Waals surface area contributed by atoms with E-state index >= 15 is 0 Å². The Hall–Kier alpha value is -1.42. The van der Waals surface area contributed by atoms with E-state index < -0.39 is 5.66 Å². The van der Waals surface area contributed by atoms with E-state index in [2.05, 4.69) is 10.1 Å². The number of fused-ring (bicyclic) bond motifs is 1. The number of nitrogens with two attached hydrogens (primary N) is 1. The molecule has 0 radical (unpaired) electrons. The second-order valence-electron chi connectivity index (χ2n) is 3.66. The summed E-state index contributed by atoms with van der Waals surface area (Å²) in [4.78, 5) is 3.99. The van der Waals surface area contributed by atoms with E-state index in [1.807, 2.05) is 26.1 Å². The molecule has 0 saturated carbocycles. The molecule has 68 valence electrons. The van der Waals surface area contributed by atoms with Gasteiger partial charge in [-0.05, 0) is 19.9 Å². The van der Waals surface area contributed by atoms with Gasteiger partial charge >= 0.3 is 0 Å². The summed E-state index contributed by atoms with van der Waals surface area (Å²) in [6.07, 6.45) is 5.41. The van der Waals surface area contributed by atoms with E-state index in [4.69, 9.17) is 5.73 Å². The van der Waals surface area contributed by atoms with Crippen LogP contribution >= 0.6 is 0 Å². The second kappa shape index (κ2) is 2.53. The number of rotatable bonds is 1. The Kier molecular flexibility index (Phi) is 1.60. The molecule has 0 spiro atoms. The first-order chi connectivity index (χ1) is 6.07. The highest BCUT2D eigenvalue weighted by atomic mass is 15.4. The van der Waals surface area contributed by atoms with E-state index in [9.17, 15) is 0 Å². The van der Waals surface area contributed by atoms with Crippen molar-refractivity contribution in [2.24, 2.45) is 5.73 Å². The molecule has 0 unspecified atom stereocenters. The molecule has 0 amide bonds. The lowest BCUT2D eigenvalue weighted by atomic mass is 10.3. The minimum absolute atomic E-state index is 0.459. The number of nitrogens with zero attached hydrogens (tertiary/aromatic N) is 3. The van der Waals surface area contributed by atoms with E-state index in [0.717, 1.165) is 10.9 Å². The molecular weight excluding hydrogens is 164 g/mol. The standard InChI is InChI=1S/C9H12N4/c1-9(2,10)13-6-7-3-4-11-5-8(7)12-13/h3-6H,10H2,1-2H3. The summed E-state index contributed by atoms with van der Waals surface area (Å²) in [5.74, 6) is 0. The highest BCUT2D eigenvalue weighted by molar-refractivity contribution is 5.76. The molecule has 2 aromatic rings. The zero-order chi connectivity index (χ0) is 9.47. The first-order valence-electron chi connectivity index (χ1n) is 4.16. The third-order valence-corrected chi connectivity index (χ3v) is 1.90. The minimum atomic E-state index is -0.459. The van der Waals surface area contributed by atoms with Crippen molar-refractivity contribution in [3.63, 3.8) is 0 Å². The Morgan fingerprint density at radius 3 is 2.85 bits per heavy atom. The number of aromatic nitrogens is 3. The average Bonchev–Trinajstić information content (AvgIpc) is 2.45.